The van der Waals surface area contributed by atoms with Crippen LogP contribution >= 0.6 is 0 Å². The van der Waals surface area contributed by atoms with E-state index < -0.39 is 10.0 Å². The summed E-state index contributed by atoms with van der Waals surface area (Å²) in [7, 11) is -3.65. The average molecular weight is 313 g/mol. The molecule has 0 saturated carbocycles. The van der Waals surface area contributed by atoms with Crippen LogP contribution in [0.5, 0.6) is 0 Å². The monoisotopic (exact) mass is 313 g/mol. The molecule has 0 unspecified atom stereocenters. The Bertz CT molecular complexity index is 597. The summed E-state index contributed by atoms with van der Waals surface area (Å²) in [5, 5.41) is 2.73. The minimum absolute atomic E-state index is 0.0561. The predicted molar refractivity (Wildman–Crippen MR) is 83.2 cm³/mol. The van der Waals surface area contributed by atoms with E-state index in [4.69, 9.17) is 5.73 Å². The van der Waals surface area contributed by atoms with Gasteiger partial charge in [0, 0.05) is 25.2 Å². The molecule has 6 nitrogen and oxygen atoms in total. The number of carbonyl (C=O) groups excluding carboxylic acids is 1. The molecule has 1 amide bonds. The lowest BCUT2D eigenvalue weighted by Gasteiger charge is -2.11. The fourth-order valence-corrected chi connectivity index (χ4v) is 3.01. The number of nitrogens with one attached hydrogen (secondary N) is 2. The quantitative estimate of drug-likeness (QED) is 0.654. The SMILES string of the molecule is Cc1c(N)cccc1S(=O)(=O)NCCC(=O)NCC(C)C. The predicted octanol–water partition coefficient (Wildman–Crippen LogP) is 1.02. The third-order valence-corrected chi connectivity index (χ3v) is 4.57. The van der Waals surface area contributed by atoms with Crippen molar-refractivity contribution in [3.63, 3.8) is 0 Å². The van der Waals surface area contributed by atoms with Crippen molar-refractivity contribution < 1.29 is 13.2 Å². The number of rotatable bonds is 7. The van der Waals surface area contributed by atoms with E-state index in [0.29, 0.717) is 23.7 Å². The van der Waals surface area contributed by atoms with E-state index in [-0.39, 0.29) is 23.8 Å². The van der Waals surface area contributed by atoms with Crippen LogP contribution in [0.3, 0.4) is 0 Å². The Balaban J connectivity index is 2.58. The first-order valence-corrected chi connectivity index (χ1v) is 8.34. The van der Waals surface area contributed by atoms with E-state index in [9.17, 15) is 13.2 Å². The first-order chi connectivity index (χ1) is 9.74. The molecular weight excluding hydrogens is 290 g/mol. The molecule has 0 atom stereocenters. The van der Waals surface area contributed by atoms with Crippen molar-refractivity contribution in [2.24, 2.45) is 5.92 Å². The fourth-order valence-electron chi connectivity index (χ4n) is 1.71. The lowest BCUT2D eigenvalue weighted by molar-refractivity contribution is -0.121. The smallest absolute Gasteiger partial charge is 0.240 e. The maximum absolute atomic E-state index is 12.2. The van der Waals surface area contributed by atoms with Crippen molar-refractivity contribution in [3.05, 3.63) is 23.8 Å². The molecule has 0 aliphatic carbocycles. The Morgan fingerprint density at radius 1 is 1.33 bits per heavy atom. The molecule has 0 spiro atoms. The fraction of sp³-hybridized carbons (Fsp3) is 0.500. The van der Waals surface area contributed by atoms with Gasteiger partial charge in [-0.1, -0.05) is 19.9 Å². The zero-order valence-electron chi connectivity index (χ0n) is 12.6. The van der Waals surface area contributed by atoms with Gasteiger partial charge in [0.15, 0.2) is 0 Å². The van der Waals surface area contributed by atoms with Gasteiger partial charge in [-0.05, 0) is 30.5 Å². The zero-order chi connectivity index (χ0) is 16.0. The highest BCUT2D eigenvalue weighted by molar-refractivity contribution is 7.89. The second-order valence-electron chi connectivity index (χ2n) is 5.32. The molecule has 21 heavy (non-hydrogen) atoms. The number of amides is 1. The summed E-state index contributed by atoms with van der Waals surface area (Å²) < 4.78 is 26.7. The van der Waals surface area contributed by atoms with Crippen LogP contribution in [0, 0.1) is 12.8 Å². The maximum Gasteiger partial charge on any atom is 0.240 e. The molecule has 0 radical (unpaired) electrons. The highest BCUT2D eigenvalue weighted by Crippen LogP contribution is 2.19. The molecule has 1 rings (SSSR count). The van der Waals surface area contributed by atoms with Crippen LogP contribution in [0.15, 0.2) is 23.1 Å². The summed E-state index contributed by atoms with van der Waals surface area (Å²) in [6, 6.07) is 4.73. The normalized spacial score (nSPS) is 11.6. The molecular formula is C14H23N3O3S. The number of carbonyl (C=O) groups is 1. The first kappa shape index (κ1) is 17.5. The van der Waals surface area contributed by atoms with E-state index in [1.165, 1.54) is 6.07 Å². The molecule has 0 fully saturated rings. The minimum Gasteiger partial charge on any atom is -0.398 e. The summed E-state index contributed by atoms with van der Waals surface area (Å²) in [6.07, 6.45) is 0.104. The summed E-state index contributed by atoms with van der Waals surface area (Å²) in [4.78, 5) is 11.7. The number of benzene rings is 1. The largest absolute Gasteiger partial charge is 0.398 e. The number of hydrogen-bond acceptors (Lipinski definition) is 4. The highest BCUT2D eigenvalue weighted by atomic mass is 32.2. The summed E-state index contributed by atoms with van der Waals surface area (Å²) in [6.45, 7) is 6.27. The average Bonchev–Trinajstić information content (AvgIpc) is 2.39. The Morgan fingerprint density at radius 3 is 2.62 bits per heavy atom. The van der Waals surface area contributed by atoms with E-state index in [2.05, 4.69) is 10.0 Å². The van der Waals surface area contributed by atoms with Gasteiger partial charge in [-0.2, -0.15) is 0 Å². The Labute approximate surface area is 126 Å². The van der Waals surface area contributed by atoms with E-state index in [1.807, 2.05) is 13.8 Å². The molecule has 1 aromatic carbocycles. The summed E-state index contributed by atoms with van der Waals surface area (Å²) in [5.41, 5.74) is 6.64. The molecule has 7 heteroatoms. The van der Waals surface area contributed by atoms with Crippen molar-refractivity contribution in [1.82, 2.24) is 10.0 Å². The molecule has 0 heterocycles. The number of nitrogen functional groups attached to an aromatic ring is 1. The minimum atomic E-state index is -3.65. The zero-order valence-corrected chi connectivity index (χ0v) is 13.5. The van der Waals surface area contributed by atoms with Crippen LogP contribution in [0.4, 0.5) is 5.69 Å². The highest BCUT2D eigenvalue weighted by Gasteiger charge is 2.17. The molecule has 4 N–H and O–H groups in total. The number of sulfonamides is 1. The van der Waals surface area contributed by atoms with E-state index in [1.54, 1.807) is 19.1 Å². The number of nitrogens with two attached hydrogens (primary N) is 1. The van der Waals surface area contributed by atoms with Crippen molar-refractivity contribution in [1.29, 1.82) is 0 Å². The van der Waals surface area contributed by atoms with Gasteiger partial charge in [-0.25, -0.2) is 13.1 Å². The van der Waals surface area contributed by atoms with Crippen molar-refractivity contribution in [3.8, 4) is 0 Å². The van der Waals surface area contributed by atoms with Crippen molar-refractivity contribution >= 4 is 21.6 Å². The van der Waals surface area contributed by atoms with Crippen LogP contribution in [0.25, 0.3) is 0 Å². The van der Waals surface area contributed by atoms with Crippen molar-refractivity contribution in [2.45, 2.75) is 32.1 Å². The van der Waals surface area contributed by atoms with Crippen LogP contribution in [0.2, 0.25) is 0 Å². The van der Waals surface area contributed by atoms with Gasteiger partial charge in [0.1, 0.15) is 0 Å². The lowest BCUT2D eigenvalue weighted by Crippen LogP contribution is -2.32. The van der Waals surface area contributed by atoms with E-state index in [0.717, 1.165) is 0 Å². The Kier molecular flexibility index (Phi) is 6.17. The standard InChI is InChI=1S/C14H23N3O3S/c1-10(2)9-16-14(18)7-8-17-21(19,20)13-6-4-5-12(15)11(13)3/h4-6,10,17H,7-9,15H2,1-3H3,(H,16,18). The van der Waals surface area contributed by atoms with Gasteiger partial charge < -0.3 is 11.1 Å². The number of anilines is 1. The molecule has 0 aliphatic rings. The van der Waals surface area contributed by atoms with Crippen LogP contribution < -0.4 is 15.8 Å². The third kappa shape index (κ3) is 5.35. The second-order valence-corrected chi connectivity index (χ2v) is 7.05. The first-order valence-electron chi connectivity index (χ1n) is 6.85. The third-order valence-electron chi connectivity index (χ3n) is 2.97. The van der Waals surface area contributed by atoms with Gasteiger partial charge in [0.25, 0.3) is 0 Å². The Hall–Kier alpha value is -1.60. The van der Waals surface area contributed by atoms with Gasteiger partial charge in [0.2, 0.25) is 15.9 Å². The molecule has 0 aromatic heterocycles. The molecule has 0 bridgehead atoms. The van der Waals surface area contributed by atoms with Gasteiger partial charge in [-0.15, -0.1) is 0 Å². The summed E-state index contributed by atoms with van der Waals surface area (Å²) >= 11 is 0. The molecule has 1 aromatic rings. The Morgan fingerprint density at radius 2 is 2.00 bits per heavy atom. The topological polar surface area (TPSA) is 101 Å². The second kappa shape index (κ2) is 7.42. The number of hydrogen-bond donors (Lipinski definition) is 3. The molecule has 0 saturated heterocycles. The van der Waals surface area contributed by atoms with E-state index >= 15 is 0 Å². The van der Waals surface area contributed by atoms with Gasteiger partial charge in [-0.3, -0.25) is 4.79 Å². The summed E-state index contributed by atoms with van der Waals surface area (Å²) in [5.74, 6) is 0.191. The van der Waals surface area contributed by atoms with Crippen LogP contribution in [0.1, 0.15) is 25.8 Å². The molecule has 0 aliphatic heterocycles. The van der Waals surface area contributed by atoms with Crippen LogP contribution in [-0.4, -0.2) is 27.4 Å². The van der Waals surface area contributed by atoms with Crippen LogP contribution in [-0.2, 0) is 14.8 Å². The van der Waals surface area contributed by atoms with Gasteiger partial charge in [0.05, 0.1) is 4.90 Å². The lowest BCUT2D eigenvalue weighted by atomic mass is 10.2. The van der Waals surface area contributed by atoms with Crippen molar-refractivity contribution in [2.75, 3.05) is 18.8 Å². The maximum atomic E-state index is 12.2. The molecule has 118 valence electrons. The van der Waals surface area contributed by atoms with Gasteiger partial charge >= 0.3 is 0 Å².